The van der Waals surface area contributed by atoms with Crippen molar-refractivity contribution in [2.45, 2.75) is 6.92 Å². The summed E-state index contributed by atoms with van der Waals surface area (Å²) in [4.78, 5) is 24.5. The van der Waals surface area contributed by atoms with Gasteiger partial charge >= 0.3 is 12.0 Å². The molecular formula is C13H13BrCl2N2O3. The Morgan fingerprint density at radius 2 is 1.90 bits per heavy atom. The molecule has 5 nitrogen and oxygen atoms in total. The second-order valence-electron chi connectivity index (χ2n) is 4.97. The largest absolute Gasteiger partial charge is 0.481 e. The third kappa shape index (κ3) is 3.62. The molecule has 1 unspecified atom stereocenters. The van der Waals surface area contributed by atoms with Gasteiger partial charge in [0.05, 0.1) is 21.7 Å². The van der Waals surface area contributed by atoms with Gasteiger partial charge in [0.2, 0.25) is 0 Å². The van der Waals surface area contributed by atoms with Gasteiger partial charge in [-0.25, -0.2) is 4.79 Å². The van der Waals surface area contributed by atoms with Crippen molar-refractivity contribution in [3.63, 3.8) is 0 Å². The summed E-state index contributed by atoms with van der Waals surface area (Å²) in [6.45, 7) is 2.46. The van der Waals surface area contributed by atoms with Gasteiger partial charge in [-0.2, -0.15) is 0 Å². The van der Waals surface area contributed by atoms with Crippen LogP contribution in [0.15, 0.2) is 16.6 Å². The highest BCUT2D eigenvalue weighted by Gasteiger charge is 2.37. The number of carboxylic acids is 1. The predicted octanol–water partition coefficient (Wildman–Crippen LogP) is 3.94. The van der Waals surface area contributed by atoms with Gasteiger partial charge in [0.15, 0.2) is 0 Å². The van der Waals surface area contributed by atoms with Gasteiger partial charge in [0.1, 0.15) is 0 Å². The number of anilines is 1. The molecule has 1 aliphatic rings. The van der Waals surface area contributed by atoms with Crippen molar-refractivity contribution >= 4 is 56.8 Å². The molecule has 21 heavy (non-hydrogen) atoms. The van der Waals surface area contributed by atoms with Crippen LogP contribution in [0.4, 0.5) is 10.5 Å². The molecule has 1 aromatic carbocycles. The molecule has 8 heteroatoms. The van der Waals surface area contributed by atoms with Gasteiger partial charge in [-0.15, -0.1) is 0 Å². The molecule has 0 radical (unpaired) electrons. The molecular weight excluding hydrogens is 383 g/mol. The zero-order valence-corrected chi connectivity index (χ0v) is 14.2. The fourth-order valence-electron chi connectivity index (χ4n) is 2.04. The lowest BCUT2D eigenvalue weighted by Crippen LogP contribution is -2.54. The number of hydrogen-bond acceptors (Lipinski definition) is 2. The Hall–Kier alpha value is -0.980. The van der Waals surface area contributed by atoms with Crippen molar-refractivity contribution in [1.82, 2.24) is 4.90 Å². The van der Waals surface area contributed by atoms with Gasteiger partial charge < -0.3 is 15.3 Å². The van der Waals surface area contributed by atoms with Crippen LogP contribution in [0.3, 0.4) is 0 Å². The third-order valence-electron chi connectivity index (χ3n) is 3.53. The highest BCUT2D eigenvalue weighted by Crippen LogP contribution is 2.34. The number of aliphatic carboxylic acids is 1. The van der Waals surface area contributed by atoms with Crippen LogP contribution in [0.2, 0.25) is 10.0 Å². The van der Waals surface area contributed by atoms with Gasteiger partial charge in [0.25, 0.3) is 0 Å². The Morgan fingerprint density at radius 1 is 1.38 bits per heavy atom. The maximum atomic E-state index is 12.1. The number of nitrogens with zero attached hydrogens (tertiary/aromatic N) is 1. The van der Waals surface area contributed by atoms with Crippen molar-refractivity contribution < 1.29 is 14.7 Å². The standard InChI is InChI=1S/C13H13BrCl2N2O3/c1-6(12(19)20)7-4-18(5-7)13(21)17-11-9(15)2-8(14)3-10(11)16/h2-3,6-7H,4-5H2,1H3,(H,17,21)(H,19,20). The lowest BCUT2D eigenvalue weighted by atomic mass is 9.87. The van der Waals surface area contributed by atoms with E-state index in [9.17, 15) is 9.59 Å². The normalized spacial score (nSPS) is 16.3. The minimum Gasteiger partial charge on any atom is -0.481 e. The van der Waals surface area contributed by atoms with Crippen LogP contribution in [0.1, 0.15) is 6.92 Å². The van der Waals surface area contributed by atoms with E-state index in [1.165, 1.54) is 4.90 Å². The summed E-state index contributed by atoms with van der Waals surface area (Å²) in [6, 6.07) is 2.93. The summed E-state index contributed by atoms with van der Waals surface area (Å²) in [5.41, 5.74) is 0.348. The topological polar surface area (TPSA) is 69.6 Å². The molecule has 1 atom stereocenters. The van der Waals surface area contributed by atoms with Gasteiger partial charge in [-0.1, -0.05) is 46.1 Å². The molecule has 1 aliphatic heterocycles. The van der Waals surface area contributed by atoms with E-state index in [4.69, 9.17) is 28.3 Å². The lowest BCUT2D eigenvalue weighted by Gasteiger charge is -2.41. The number of halogens is 3. The van der Waals surface area contributed by atoms with E-state index in [1.54, 1.807) is 19.1 Å². The molecule has 1 aromatic rings. The average Bonchev–Trinajstić information content (AvgIpc) is 2.31. The first-order valence-electron chi connectivity index (χ1n) is 6.23. The lowest BCUT2D eigenvalue weighted by molar-refractivity contribution is -0.144. The fourth-order valence-corrected chi connectivity index (χ4v) is 3.35. The van der Waals surface area contributed by atoms with Crippen LogP contribution in [0.25, 0.3) is 0 Å². The van der Waals surface area contributed by atoms with E-state index >= 15 is 0 Å². The predicted molar refractivity (Wildman–Crippen MR) is 85.0 cm³/mol. The van der Waals surface area contributed by atoms with E-state index in [2.05, 4.69) is 21.2 Å². The van der Waals surface area contributed by atoms with E-state index in [0.717, 1.165) is 4.47 Å². The Balaban J connectivity index is 1.97. The number of rotatable bonds is 3. The van der Waals surface area contributed by atoms with Crippen molar-refractivity contribution in [2.75, 3.05) is 18.4 Å². The Morgan fingerprint density at radius 3 is 2.38 bits per heavy atom. The molecule has 1 fully saturated rings. The molecule has 1 heterocycles. The zero-order valence-electron chi connectivity index (χ0n) is 11.1. The molecule has 0 spiro atoms. The second-order valence-corrected chi connectivity index (χ2v) is 6.70. The number of amides is 2. The Labute approximate surface area is 140 Å². The van der Waals surface area contributed by atoms with Crippen LogP contribution in [0, 0.1) is 11.8 Å². The van der Waals surface area contributed by atoms with E-state index in [0.29, 0.717) is 28.8 Å². The van der Waals surface area contributed by atoms with Crippen molar-refractivity contribution in [3.8, 4) is 0 Å². The van der Waals surface area contributed by atoms with E-state index < -0.39 is 11.9 Å². The van der Waals surface area contributed by atoms with Crippen molar-refractivity contribution in [2.24, 2.45) is 11.8 Å². The highest BCUT2D eigenvalue weighted by molar-refractivity contribution is 9.10. The van der Waals surface area contributed by atoms with Crippen LogP contribution in [-0.2, 0) is 4.79 Å². The summed E-state index contributed by atoms with van der Waals surface area (Å²) in [5.74, 6) is -1.34. The van der Waals surface area contributed by atoms with E-state index in [-0.39, 0.29) is 11.9 Å². The Bertz CT molecular complexity index is 568. The highest BCUT2D eigenvalue weighted by atomic mass is 79.9. The number of benzene rings is 1. The fraction of sp³-hybridized carbons (Fsp3) is 0.385. The monoisotopic (exact) mass is 394 g/mol. The molecule has 0 bridgehead atoms. The van der Waals surface area contributed by atoms with E-state index in [1.807, 2.05) is 0 Å². The average molecular weight is 396 g/mol. The van der Waals surface area contributed by atoms with Crippen LogP contribution >= 0.6 is 39.1 Å². The summed E-state index contributed by atoms with van der Waals surface area (Å²) >= 11 is 15.3. The summed E-state index contributed by atoms with van der Waals surface area (Å²) in [5, 5.41) is 12.2. The first kappa shape index (κ1) is 16.4. The van der Waals surface area contributed by atoms with Crippen LogP contribution in [0.5, 0.6) is 0 Å². The molecule has 2 amide bonds. The third-order valence-corrected chi connectivity index (χ3v) is 4.59. The summed E-state index contributed by atoms with van der Waals surface area (Å²) in [7, 11) is 0. The zero-order chi connectivity index (χ0) is 15.7. The quantitative estimate of drug-likeness (QED) is 0.814. The SMILES string of the molecule is CC(C(=O)O)C1CN(C(=O)Nc2c(Cl)cc(Br)cc2Cl)C1. The van der Waals surface area contributed by atoms with Gasteiger partial charge in [-0.05, 0) is 12.1 Å². The molecule has 0 saturated carbocycles. The van der Waals surface area contributed by atoms with Crippen LogP contribution < -0.4 is 5.32 Å². The number of urea groups is 1. The maximum Gasteiger partial charge on any atom is 0.321 e. The van der Waals surface area contributed by atoms with Crippen LogP contribution in [-0.4, -0.2) is 35.1 Å². The first-order valence-corrected chi connectivity index (χ1v) is 7.77. The summed E-state index contributed by atoms with van der Waals surface area (Å²) in [6.07, 6.45) is 0. The number of carboxylic acid groups (broad SMARTS) is 1. The molecule has 2 rings (SSSR count). The molecule has 0 aromatic heterocycles. The number of carbonyl (C=O) groups is 2. The number of carbonyl (C=O) groups excluding carboxylic acids is 1. The first-order chi connectivity index (χ1) is 9.79. The molecule has 1 saturated heterocycles. The molecule has 2 N–H and O–H groups in total. The smallest absolute Gasteiger partial charge is 0.321 e. The second kappa shape index (κ2) is 6.42. The number of hydrogen-bond donors (Lipinski definition) is 2. The van der Waals surface area contributed by atoms with Crippen molar-refractivity contribution in [3.05, 3.63) is 26.7 Å². The summed E-state index contributed by atoms with van der Waals surface area (Å²) < 4.78 is 0.717. The number of likely N-dealkylation sites (tertiary alicyclic amines) is 1. The molecule has 0 aliphatic carbocycles. The van der Waals surface area contributed by atoms with Gasteiger partial charge in [-0.3, -0.25) is 4.79 Å². The van der Waals surface area contributed by atoms with Gasteiger partial charge in [0, 0.05) is 23.5 Å². The van der Waals surface area contributed by atoms with Crippen molar-refractivity contribution in [1.29, 1.82) is 0 Å². The maximum absolute atomic E-state index is 12.1. The minimum absolute atomic E-state index is 0.0240. The number of nitrogens with one attached hydrogen (secondary N) is 1. The minimum atomic E-state index is -0.848. The molecule has 114 valence electrons. The Kier molecular flexibility index (Phi) is 5.01.